The second kappa shape index (κ2) is 8.92. The standard InChI is InChI=1S/C14H16N2.2ClH/c1-12-5-4-6-13(9-12)10-15-11-14-7-2-3-8-16-14;;/h2-9,15H,10-11H2,1H3;2*1H. The molecule has 0 aliphatic rings. The molecule has 18 heavy (non-hydrogen) atoms. The Morgan fingerprint density at radius 1 is 1.00 bits per heavy atom. The summed E-state index contributed by atoms with van der Waals surface area (Å²) in [5.74, 6) is 0. The molecule has 0 bridgehead atoms. The lowest BCUT2D eigenvalue weighted by molar-refractivity contribution is 0.679. The first-order valence-corrected chi connectivity index (χ1v) is 5.51. The minimum absolute atomic E-state index is 0. The van der Waals surface area contributed by atoms with Crippen molar-refractivity contribution in [2.45, 2.75) is 20.0 Å². The zero-order chi connectivity index (χ0) is 11.2. The third-order valence-electron chi connectivity index (χ3n) is 2.44. The molecule has 0 atom stereocenters. The van der Waals surface area contributed by atoms with Gasteiger partial charge in [-0.05, 0) is 24.6 Å². The van der Waals surface area contributed by atoms with Gasteiger partial charge in [0, 0.05) is 19.3 Å². The molecule has 1 aromatic carbocycles. The molecule has 1 heterocycles. The number of aromatic nitrogens is 1. The molecule has 98 valence electrons. The number of nitrogens with one attached hydrogen (secondary N) is 1. The fraction of sp³-hybridized carbons (Fsp3) is 0.214. The number of nitrogens with zero attached hydrogens (tertiary/aromatic N) is 1. The molecule has 4 heteroatoms. The van der Waals surface area contributed by atoms with Crippen LogP contribution in [0.5, 0.6) is 0 Å². The zero-order valence-corrected chi connectivity index (χ0v) is 11.9. The van der Waals surface area contributed by atoms with E-state index in [-0.39, 0.29) is 24.8 Å². The van der Waals surface area contributed by atoms with Crippen LogP contribution in [0.3, 0.4) is 0 Å². The average Bonchev–Trinajstić information content (AvgIpc) is 2.30. The Hall–Kier alpha value is -1.09. The van der Waals surface area contributed by atoms with Crippen LogP contribution in [0.1, 0.15) is 16.8 Å². The highest BCUT2D eigenvalue weighted by molar-refractivity contribution is 5.85. The first-order chi connectivity index (χ1) is 7.84. The third kappa shape index (κ3) is 5.50. The van der Waals surface area contributed by atoms with Crippen molar-refractivity contribution in [1.29, 1.82) is 0 Å². The maximum Gasteiger partial charge on any atom is 0.0541 e. The maximum atomic E-state index is 4.26. The predicted octanol–water partition coefficient (Wildman–Crippen LogP) is 3.52. The van der Waals surface area contributed by atoms with Gasteiger partial charge in [0.2, 0.25) is 0 Å². The number of rotatable bonds is 4. The van der Waals surface area contributed by atoms with Crippen LogP contribution in [0.15, 0.2) is 48.7 Å². The highest BCUT2D eigenvalue weighted by Crippen LogP contribution is 2.03. The van der Waals surface area contributed by atoms with Gasteiger partial charge in [-0.1, -0.05) is 35.9 Å². The van der Waals surface area contributed by atoms with Crippen LogP contribution < -0.4 is 5.32 Å². The van der Waals surface area contributed by atoms with Gasteiger partial charge < -0.3 is 5.32 Å². The number of aryl methyl sites for hydroxylation is 1. The van der Waals surface area contributed by atoms with Gasteiger partial charge in [-0.3, -0.25) is 4.98 Å². The van der Waals surface area contributed by atoms with Crippen molar-refractivity contribution >= 4 is 24.8 Å². The van der Waals surface area contributed by atoms with E-state index in [0.29, 0.717) is 0 Å². The van der Waals surface area contributed by atoms with Crippen molar-refractivity contribution in [2.75, 3.05) is 0 Å². The molecule has 0 radical (unpaired) electrons. The lowest BCUT2D eigenvalue weighted by Crippen LogP contribution is -2.13. The molecule has 0 saturated heterocycles. The van der Waals surface area contributed by atoms with E-state index in [4.69, 9.17) is 0 Å². The number of pyridine rings is 1. The fourth-order valence-corrected chi connectivity index (χ4v) is 1.66. The maximum absolute atomic E-state index is 4.26. The summed E-state index contributed by atoms with van der Waals surface area (Å²) in [5, 5.41) is 3.38. The van der Waals surface area contributed by atoms with Gasteiger partial charge in [-0.25, -0.2) is 0 Å². The van der Waals surface area contributed by atoms with Crippen molar-refractivity contribution in [2.24, 2.45) is 0 Å². The Labute approximate surface area is 121 Å². The smallest absolute Gasteiger partial charge is 0.0541 e. The molecule has 2 rings (SSSR count). The summed E-state index contributed by atoms with van der Waals surface area (Å²) in [5.41, 5.74) is 3.70. The lowest BCUT2D eigenvalue weighted by atomic mass is 10.1. The lowest BCUT2D eigenvalue weighted by Gasteiger charge is -2.05. The predicted molar refractivity (Wildman–Crippen MR) is 80.5 cm³/mol. The minimum Gasteiger partial charge on any atom is -0.307 e. The van der Waals surface area contributed by atoms with E-state index < -0.39 is 0 Å². The van der Waals surface area contributed by atoms with Crippen LogP contribution in [0.25, 0.3) is 0 Å². The van der Waals surface area contributed by atoms with E-state index in [1.165, 1.54) is 11.1 Å². The highest BCUT2D eigenvalue weighted by atomic mass is 35.5. The molecule has 0 unspecified atom stereocenters. The molecule has 2 nitrogen and oxygen atoms in total. The molecular weight excluding hydrogens is 267 g/mol. The van der Waals surface area contributed by atoms with Crippen LogP contribution >= 0.6 is 24.8 Å². The molecule has 1 aromatic heterocycles. The van der Waals surface area contributed by atoms with Crippen LogP contribution in [-0.4, -0.2) is 4.98 Å². The Morgan fingerprint density at radius 3 is 2.50 bits per heavy atom. The number of halogens is 2. The molecular formula is C14H18Cl2N2. The van der Waals surface area contributed by atoms with E-state index in [0.717, 1.165) is 18.8 Å². The second-order valence-electron chi connectivity index (χ2n) is 3.91. The molecule has 0 aliphatic heterocycles. The zero-order valence-electron chi connectivity index (χ0n) is 10.3. The summed E-state index contributed by atoms with van der Waals surface area (Å²) in [6.07, 6.45) is 1.82. The van der Waals surface area contributed by atoms with Gasteiger partial charge in [0.15, 0.2) is 0 Å². The first-order valence-electron chi connectivity index (χ1n) is 5.51. The Kier molecular flexibility index (Phi) is 8.38. The van der Waals surface area contributed by atoms with Crippen LogP contribution in [0, 0.1) is 6.92 Å². The number of benzene rings is 1. The number of hydrogen-bond acceptors (Lipinski definition) is 2. The van der Waals surface area contributed by atoms with Gasteiger partial charge in [0.05, 0.1) is 5.69 Å². The van der Waals surface area contributed by atoms with E-state index in [2.05, 4.69) is 41.5 Å². The molecule has 2 aromatic rings. The fourth-order valence-electron chi connectivity index (χ4n) is 1.66. The van der Waals surface area contributed by atoms with E-state index >= 15 is 0 Å². The van der Waals surface area contributed by atoms with Crippen molar-refractivity contribution in [3.05, 3.63) is 65.5 Å². The molecule has 0 fully saturated rings. The monoisotopic (exact) mass is 284 g/mol. The van der Waals surface area contributed by atoms with Gasteiger partial charge in [-0.2, -0.15) is 0 Å². The van der Waals surface area contributed by atoms with Crippen molar-refractivity contribution in [3.8, 4) is 0 Å². The SMILES string of the molecule is Cc1cccc(CNCc2ccccn2)c1.Cl.Cl. The van der Waals surface area contributed by atoms with E-state index in [1.807, 2.05) is 24.4 Å². The number of hydrogen-bond donors (Lipinski definition) is 1. The summed E-state index contributed by atoms with van der Waals surface area (Å²) in [6, 6.07) is 14.5. The Morgan fingerprint density at radius 2 is 1.83 bits per heavy atom. The van der Waals surface area contributed by atoms with Gasteiger partial charge in [-0.15, -0.1) is 24.8 Å². The minimum atomic E-state index is 0. The van der Waals surface area contributed by atoms with Crippen LogP contribution in [-0.2, 0) is 13.1 Å². The van der Waals surface area contributed by atoms with Gasteiger partial charge >= 0.3 is 0 Å². The van der Waals surface area contributed by atoms with Crippen molar-refractivity contribution < 1.29 is 0 Å². The first kappa shape index (κ1) is 16.9. The normalized spacial score (nSPS) is 9.17. The summed E-state index contributed by atoms with van der Waals surface area (Å²) in [7, 11) is 0. The Balaban J connectivity index is 0.00000144. The molecule has 0 aliphatic carbocycles. The molecule has 0 amide bonds. The molecule has 0 spiro atoms. The largest absolute Gasteiger partial charge is 0.307 e. The summed E-state index contributed by atoms with van der Waals surface area (Å²) in [6.45, 7) is 3.81. The molecule has 0 saturated carbocycles. The van der Waals surface area contributed by atoms with Crippen LogP contribution in [0.4, 0.5) is 0 Å². The van der Waals surface area contributed by atoms with Crippen LogP contribution in [0.2, 0.25) is 0 Å². The van der Waals surface area contributed by atoms with E-state index in [9.17, 15) is 0 Å². The molecule has 1 N–H and O–H groups in total. The Bertz CT molecular complexity index is 447. The van der Waals surface area contributed by atoms with Crippen molar-refractivity contribution in [3.63, 3.8) is 0 Å². The third-order valence-corrected chi connectivity index (χ3v) is 2.44. The quantitative estimate of drug-likeness (QED) is 0.929. The van der Waals surface area contributed by atoms with Crippen molar-refractivity contribution in [1.82, 2.24) is 10.3 Å². The van der Waals surface area contributed by atoms with Gasteiger partial charge in [0.1, 0.15) is 0 Å². The summed E-state index contributed by atoms with van der Waals surface area (Å²) in [4.78, 5) is 4.26. The average molecular weight is 285 g/mol. The van der Waals surface area contributed by atoms with Gasteiger partial charge in [0.25, 0.3) is 0 Å². The topological polar surface area (TPSA) is 24.9 Å². The summed E-state index contributed by atoms with van der Waals surface area (Å²) < 4.78 is 0. The van der Waals surface area contributed by atoms with E-state index in [1.54, 1.807) is 0 Å². The summed E-state index contributed by atoms with van der Waals surface area (Å²) >= 11 is 0. The second-order valence-corrected chi connectivity index (χ2v) is 3.91. The highest BCUT2D eigenvalue weighted by Gasteiger charge is 1.94.